The number of aliphatic imine (C=N–C) groups is 1. The number of thioether (sulfide) groups is 1. The molecule has 0 radical (unpaired) electrons. The van der Waals surface area contributed by atoms with Crippen molar-refractivity contribution < 1.29 is 17.9 Å². The molecule has 0 bridgehead atoms. The van der Waals surface area contributed by atoms with Gasteiger partial charge in [-0.25, -0.2) is 8.42 Å². The Kier molecular flexibility index (Phi) is 5.25. The highest BCUT2D eigenvalue weighted by Crippen LogP contribution is 2.39. The van der Waals surface area contributed by atoms with Crippen molar-refractivity contribution in [2.45, 2.75) is 17.8 Å². The summed E-state index contributed by atoms with van der Waals surface area (Å²) in [7, 11) is 0.195. The predicted octanol–water partition coefficient (Wildman–Crippen LogP) is 2.98. The van der Waals surface area contributed by atoms with Gasteiger partial charge in [0, 0.05) is 5.75 Å². The van der Waals surface area contributed by atoms with Gasteiger partial charge in [-0.15, -0.1) is 0 Å². The molecule has 2 heterocycles. The van der Waals surface area contributed by atoms with Gasteiger partial charge in [0.1, 0.15) is 11.5 Å². The van der Waals surface area contributed by atoms with Gasteiger partial charge < -0.3 is 14.4 Å². The number of benzene rings is 2. The van der Waals surface area contributed by atoms with E-state index in [9.17, 15) is 8.42 Å². The van der Waals surface area contributed by atoms with Gasteiger partial charge in [0.2, 0.25) is 0 Å². The maximum Gasteiger partial charge on any atom is 0.164 e. The lowest BCUT2D eigenvalue weighted by Crippen LogP contribution is -2.39. The van der Waals surface area contributed by atoms with Crippen molar-refractivity contribution in [1.29, 1.82) is 0 Å². The minimum atomic E-state index is -3.08. The Bertz CT molecular complexity index is 990. The number of ether oxygens (including phenoxy) is 2. The second kappa shape index (κ2) is 7.67. The van der Waals surface area contributed by atoms with Gasteiger partial charge in [-0.05, 0) is 29.8 Å². The molecule has 28 heavy (non-hydrogen) atoms. The summed E-state index contributed by atoms with van der Waals surface area (Å²) < 4.78 is 35.1. The van der Waals surface area contributed by atoms with Crippen LogP contribution in [0.1, 0.15) is 5.56 Å². The average Bonchev–Trinajstić information content (AvgIpc) is 3.17. The lowest BCUT2D eigenvalue weighted by molar-refractivity contribution is 0.414. The highest BCUT2D eigenvalue weighted by atomic mass is 32.2. The number of rotatable bonds is 5. The van der Waals surface area contributed by atoms with E-state index in [1.807, 2.05) is 53.4 Å². The first-order chi connectivity index (χ1) is 13.5. The van der Waals surface area contributed by atoms with Crippen molar-refractivity contribution >= 4 is 32.5 Å². The van der Waals surface area contributed by atoms with Gasteiger partial charge in [-0.3, -0.25) is 4.99 Å². The normalized spacial score (nSPS) is 22.6. The van der Waals surface area contributed by atoms with E-state index in [1.54, 1.807) is 26.0 Å². The molecule has 6 nitrogen and oxygen atoms in total. The third-order valence-corrected chi connectivity index (χ3v) is 7.72. The number of hydrogen-bond donors (Lipinski definition) is 0. The molecular weight excluding hydrogens is 396 g/mol. The van der Waals surface area contributed by atoms with Crippen molar-refractivity contribution in [2.75, 3.05) is 30.6 Å². The fourth-order valence-electron chi connectivity index (χ4n) is 3.61. The first-order valence-electron chi connectivity index (χ1n) is 8.97. The van der Waals surface area contributed by atoms with E-state index in [-0.39, 0.29) is 23.6 Å². The Labute approximate surface area is 169 Å². The Morgan fingerprint density at radius 2 is 1.82 bits per heavy atom. The van der Waals surface area contributed by atoms with Crippen molar-refractivity contribution in [1.82, 2.24) is 0 Å². The topological polar surface area (TPSA) is 68.2 Å². The Balaban J connectivity index is 1.61. The minimum Gasteiger partial charge on any atom is -0.497 e. The van der Waals surface area contributed by atoms with Crippen molar-refractivity contribution in [3.8, 4) is 11.5 Å². The number of amidine groups is 1. The number of nitrogens with zero attached hydrogens (tertiary/aromatic N) is 2. The molecule has 0 aliphatic carbocycles. The van der Waals surface area contributed by atoms with Crippen LogP contribution in [0.5, 0.6) is 11.5 Å². The molecule has 0 amide bonds. The Hall–Kier alpha value is -2.19. The van der Waals surface area contributed by atoms with Crippen molar-refractivity contribution in [3.05, 3.63) is 54.1 Å². The van der Waals surface area contributed by atoms with Gasteiger partial charge in [0.05, 0.1) is 43.5 Å². The van der Waals surface area contributed by atoms with Gasteiger partial charge in [0.25, 0.3) is 0 Å². The summed E-state index contributed by atoms with van der Waals surface area (Å²) in [6.45, 7) is 0. The molecule has 0 aromatic heterocycles. The van der Waals surface area contributed by atoms with E-state index in [2.05, 4.69) is 0 Å². The summed E-state index contributed by atoms with van der Waals surface area (Å²) in [5.41, 5.74) is 2.01. The zero-order valence-electron chi connectivity index (χ0n) is 15.7. The fourth-order valence-corrected chi connectivity index (χ4v) is 6.53. The molecule has 2 aromatic rings. The molecule has 2 aromatic carbocycles. The van der Waals surface area contributed by atoms with Crippen LogP contribution in [0.4, 0.5) is 5.69 Å². The van der Waals surface area contributed by atoms with Gasteiger partial charge in [-0.2, -0.15) is 0 Å². The van der Waals surface area contributed by atoms with Crippen LogP contribution in [-0.4, -0.2) is 51.4 Å². The van der Waals surface area contributed by atoms with E-state index in [1.165, 1.54) is 0 Å². The minimum absolute atomic E-state index is 0.107. The number of para-hydroxylation sites is 2. The van der Waals surface area contributed by atoms with Crippen LogP contribution in [0, 0.1) is 0 Å². The summed E-state index contributed by atoms with van der Waals surface area (Å²) in [5, 5.41) is 0.838. The van der Waals surface area contributed by atoms with Crippen LogP contribution in [0.15, 0.2) is 53.5 Å². The fraction of sp³-hybridized carbons (Fsp3) is 0.350. The molecule has 1 saturated heterocycles. The first-order valence-corrected chi connectivity index (χ1v) is 11.8. The third kappa shape index (κ3) is 3.71. The molecule has 1 fully saturated rings. The third-order valence-electron chi connectivity index (χ3n) is 4.98. The van der Waals surface area contributed by atoms with Crippen LogP contribution in [-0.2, 0) is 15.6 Å². The smallest absolute Gasteiger partial charge is 0.164 e. The quantitative estimate of drug-likeness (QED) is 0.744. The van der Waals surface area contributed by atoms with Crippen molar-refractivity contribution in [2.24, 2.45) is 4.99 Å². The Morgan fingerprint density at radius 1 is 1.07 bits per heavy atom. The monoisotopic (exact) mass is 418 g/mol. The highest BCUT2D eigenvalue weighted by Gasteiger charge is 2.47. The molecule has 148 valence electrons. The summed E-state index contributed by atoms with van der Waals surface area (Å²) in [6, 6.07) is 15.2. The number of hydrogen-bond acceptors (Lipinski definition) is 7. The summed E-state index contributed by atoms with van der Waals surface area (Å²) in [6.07, 6.45) is 0. The number of fused-ring (bicyclic) bond motifs is 1. The van der Waals surface area contributed by atoms with Crippen molar-refractivity contribution in [3.63, 3.8) is 0 Å². The molecular formula is C20H22N2O4S2. The van der Waals surface area contributed by atoms with Crippen LogP contribution >= 0.6 is 11.8 Å². The molecule has 0 spiro atoms. The average molecular weight is 419 g/mol. The van der Waals surface area contributed by atoms with Crippen LogP contribution in [0.3, 0.4) is 0 Å². The first kappa shape index (κ1) is 19.1. The van der Waals surface area contributed by atoms with E-state index in [0.29, 0.717) is 5.75 Å². The zero-order valence-corrected chi connectivity index (χ0v) is 17.4. The highest BCUT2D eigenvalue weighted by molar-refractivity contribution is 8.13. The number of sulfone groups is 1. The van der Waals surface area contributed by atoms with E-state index in [4.69, 9.17) is 14.5 Å². The zero-order chi connectivity index (χ0) is 19.7. The van der Waals surface area contributed by atoms with E-state index >= 15 is 0 Å². The molecule has 4 rings (SSSR count). The largest absolute Gasteiger partial charge is 0.497 e. The summed E-state index contributed by atoms with van der Waals surface area (Å²) in [4.78, 5) is 6.82. The van der Waals surface area contributed by atoms with Gasteiger partial charge in [-0.1, -0.05) is 36.0 Å². The second-order valence-corrected chi connectivity index (χ2v) is 9.90. The maximum absolute atomic E-state index is 12.2. The number of methoxy groups -OCH3 is 2. The molecule has 0 saturated carbocycles. The number of anilines is 1. The predicted molar refractivity (Wildman–Crippen MR) is 113 cm³/mol. The lowest BCUT2D eigenvalue weighted by Gasteiger charge is -2.27. The van der Waals surface area contributed by atoms with E-state index in [0.717, 1.165) is 27.9 Å². The molecule has 2 aliphatic rings. The van der Waals surface area contributed by atoms with Gasteiger partial charge >= 0.3 is 0 Å². The molecule has 8 heteroatoms. The molecule has 0 N–H and O–H groups in total. The second-order valence-electron chi connectivity index (χ2n) is 6.80. The molecule has 2 atom stereocenters. The SMILES string of the molecule is COc1ccc(CSC2=NC3CS(=O)(=O)CC3N2c2ccccc2OC)cc1. The van der Waals surface area contributed by atoms with Crippen LogP contribution < -0.4 is 14.4 Å². The maximum atomic E-state index is 12.2. The summed E-state index contributed by atoms with van der Waals surface area (Å²) in [5.74, 6) is 2.50. The molecule has 2 aliphatic heterocycles. The van der Waals surface area contributed by atoms with Gasteiger partial charge in [0.15, 0.2) is 15.0 Å². The standard InChI is InChI=1S/C20H22N2O4S2/c1-25-15-9-7-14(8-10-15)11-27-20-21-16-12-28(23,24)13-18(16)22(20)17-5-3-4-6-19(17)26-2/h3-10,16,18H,11-13H2,1-2H3. The Morgan fingerprint density at radius 3 is 2.54 bits per heavy atom. The van der Waals surface area contributed by atoms with Crippen LogP contribution in [0.2, 0.25) is 0 Å². The molecule has 2 unspecified atom stereocenters. The lowest BCUT2D eigenvalue weighted by atomic mass is 10.1. The van der Waals surface area contributed by atoms with Crippen LogP contribution in [0.25, 0.3) is 0 Å². The van der Waals surface area contributed by atoms with E-state index < -0.39 is 9.84 Å². The summed E-state index contributed by atoms with van der Waals surface area (Å²) >= 11 is 1.61.